The number of H-pyrrole nitrogens is 1. The van der Waals surface area contributed by atoms with Gasteiger partial charge in [0.15, 0.2) is 11.5 Å². The number of amidine groups is 1. The Hall–Kier alpha value is -3.59. The summed E-state index contributed by atoms with van der Waals surface area (Å²) in [4.78, 5) is 29.4. The van der Waals surface area contributed by atoms with Gasteiger partial charge in [-0.3, -0.25) is 9.79 Å². The molecule has 0 aliphatic carbocycles. The van der Waals surface area contributed by atoms with Crippen molar-refractivity contribution in [2.45, 2.75) is 13.5 Å². The van der Waals surface area contributed by atoms with Gasteiger partial charge >= 0.3 is 0 Å². The van der Waals surface area contributed by atoms with E-state index in [4.69, 9.17) is 19.2 Å². The second-order valence-corrected chi connectivity index (χ2v) is 8.27. The molecule has 0 bridgehead atoms. The molecule has 180 valence electrons. The van der Waals surface area contributed by atoms with Crippen molar-refractivity contribution in [2.75, 3.05) is 59.5 Å². The standard InChI is InChI=1S/C25H31N5O4/c1-16-21-19(14-20(33-4)22(16)34-5)27-25(28-24(21)31)29(2)15-17-7-6-8-18(13-17)23-26-9-10-30(23)11-12-32-3/h6-8,13-14H,9-12,15H2,1-5H3,(H,27,28,31). The van der Waals surface area contributed by atoms with Crippen LogP contribution in [0.3, 0.4) is 0 Å². The van der Waals surface area contributed by atoms with Gasteiger partial charge in [0.2, 0.25) is 5.95 Å². The van der Waals surface area contributed by atoms with Gasteiger partial charge in [0.1, 0.15) is 5.84 Å². The first-order valence-electron chi connectivity index (χ1n) is 11.2. The van der Waals surface area contributed by atoms with Gasteiger partial charge in [-0.1, -0.05) is 18.2 Å². The average molecular weight is 466 g/mol. The molecule has 0 unspecified atom stereocenters. The fraction of sp³-hybridized carbons (Fsp3) is 0.400. The number of anilines is 1. The topological polar surface area (TPSA) is 92.3 Å². The van der Waals surface area contributed by atoms with Gasteiger partial charge in [-0.15, -0.1) is 0 Å². The molecule has 0 spiro atoms. The molecule has 3 aromatic rings. The number of aromatic nitrogens is 2. The van der Waals surface area contributed by atoms with E-state index >= 15 is 0 Å². The highest BCUT2D eigenvalue weighted by Crippen LogP contribution is 2.35. The summed E-state index contributed by atoms with van der Waals surface area (Å²) in [6.07, 6.45) is 0. The highest BCUT2D eigenvalue weighted by molar-refractivity contribution is 6.00. The zero-order chi connectivity index (χ0) is 24.2. The zero-order valence-corrected chi connectivity index (χ0v) is 20.3. The van der Waals surface area contributed by atoms with Crippen LogP contribution >= 0.6 is 0 Å². The maximum absolute atomic E-state index is 12.9. The molecule has 9 heteroatoms. The van der Waals surface area contributed by atoms with Crippen molar-refractivity contribution < 1.29 is 14.2 Å². The second-order valence-electron chi connectivity index (χ2n) is 8.27. The lowest BCUT2D eigenvalue weighted by atomic mass is 10.1. The molecule has 34 heavy (non-hydrogen) atoms. The van der Waals surface area contributed by atoms with Crippen molar-refractivity contribution >= 4 is 22.7 Å². The van der Waals surface area contributed by atoms with E-state index in [1.54, 1.807) is 27.4 Å². The molecular weight excluding hydrogens is 434 g/mol. The minimum atomic E-state index is -0.308. The van der Waals surface area contributed by atoms with E-state index in [0.29, 0.717) is 47.1 Å². The summed E-state index contributed by atoms with van der Waals surface area (Å²) in [6, 6.07) is 10.1. The molecule has 1 aliphatic rings. The Morgan fingerprint density at radius 2 is 2.00 bits per heavy atom. The van der Waals surface area contributed by atoms with Crippen molar-refractivity contribution in [2.24, 2.45) is 4.99 Å². The molecule has 0 fully saturated rings. The van der Waals surface area contributed by atoms with Crippen LogP contribution in [0, 0.1) is 6.92 Å². The summed E-state index contributed by atoms with van der Waals surface area (Å²) in [7, 11) is 6.75. The van der Waals surface area contributed by atoms with Crippen LogP contribution in [0.25, 0.3) is 10.9 Å². The molecule has 9 nitrogen and oxygen atoms in total. The van der Waals surface area contributed by atoms with Gasteiger partial charge in [-0.2, -0.15) is 4.98 Å². The maximum Gasteiger partial charge on any atom is 0.282 e. The number of ether oxygens (including phenoxy) is 3. The third-order valence-electron chi connectivity index (χ3n) is 6.04. The fourth-order valence-corrected chi connectivity index (χ4v) is 4.36. The van der Waals surface area contributed by atoms with E-state index in [0.717, 1.165) is 36.6 Å². The van der Waals surface area contributed by atoms with E-state index in [-0.39, 0.29) is 5.56 Å². The van der Waals surface area contributed by atoms with E-state index in [1.165, 1.54) is 0 Å². The number of nitrogens with zero attached hydrogens (tertiary/aromatic N) is 4. The molecule has 0 radical (unpaired) electrons. The molecule has 2 aromatic carbocycles. The van der Waals surface area contributed by atoms with E-state index < -0.39 is 0 Å². The summed E-state index contributed by atoms with van der Waals surface area (Å²) >= 11 is 0. The van der Waals surface area contributed by atoms with Crippen molar-refractivity contribution in [1.82, 2.24) is 14.9 Å². The van der Waals surface area contributed by atoms with Crippen LogP contribution in [0.2, 0.25) is 0 Å². The van der Waals surface area contributed by atoms with Gasteiger partial charge in [0.05, 0.1) is 38.3 Å². The third kappa shape index (κ3) is 4.56. The lowest BCUT2D eigenvalue weighted by Gasteiger charge is -2.22. The summed E-state index contributed by atoms with van der Waals surface area (Å²) in [5, 5.41) is 0.493. The summed E-state index contributed by atoms with van der Waals surface area (Å²) in [5.74, 6) is 2.57. The maximum atomic E-state index is 12.9. The molecule has 2 heterocycles. The highest BCUT2D eigenvalue weighted by atomic mass is 16.5. The molecule has 0 saturated heterocycles. The first kappa shape index (κ1) is 23.6. The minimum Gasteiger partial charge on any atom is -0.493 e. The Bertz CT molecular complexity index is 1270. The van der Waals surface area contributed by atoms with Crippen molar-refractivity contribution in [3.63, 3.8) is 0 Å². The minimum absolute atomic E-state index is 0.308. The number of aryl methyl sites for hydroxylation is 1. The molecular formula is C25H31N5O4. The predicted octanol–water partition coefficient (Wildman–Crippen LogP) is 2.59. The first-order valence-corrected chi connectivity index (χ1v) is 11.2. The molecule has 1 N–H and O–H groups in total. The Kier molecular flexibility index (Phi) is 7.02. The van der Waals surface area contributed by atoms with Gasteiger partial charge in [0, 0.05) is 51.0 Å². The lowest BCUT2D eigenvalue weighted by Crippen LogP contribution is -2.31. The van der Waals surface area contributed by atoms with Crippen molar-refractivity contribution in [3.8, 4) is 11.5 Å². The number of fused-ring (bicyclic) bond motifs is 1. The summed E-state index contributed by atoms with van der Waals surface area (Å²) in [6.45, 7) is 5.57. The Balaban J connectivity index is 1.61. The number of aliphatic imine (C=N–C) groups is 1. The van der Waals surface area contributed by atoms with Crippen LogP contribution in [0.1, 0.15) is 16.7 Å². The normalized spacial score (nSPS) is 13.3. The molecule has 4 rings (SSSR count). The van der Waals surface area contributed by atoms with Crippen LogP contribution < -0.4 is 19.9 Å². The Morgan fingerprint density at radius 3 is 2.74 bits per heavy atom. The van der Waals surface area contributed by atoms with Crippen LogP contribution in [-0.4, -0.2) is 75.3 Å². The smallest absolute Gasteiger partial charge is 0.282 e. The number of rotatable bonds is 9. The SMILES string of the molecule is COCCN1CCN=C1c1cccc(CN(C)c2nc(=O)c3c(C)c(OC)c(OC)cc3[nH]2)c1. The highest BCUT2D eigenvalue weighted by Gasteiger charge is 2.20. The fourth-order valence-electron chi connectivity index (χ4n) is 4.36. The second kappa shape index (κ2) is 10.1. The molecule has 1 aromatic heterocycles. The number of benzene rings is 2. The number of methoxy groups -OCH3 is 3. The van der Waals surface area contributed by atoms with E-state index in [2.05, 4.69) is 33.1 Å². The summed E-state index contributed by atoms with van der Waals surface area (Å²) in [5.41, 5.74) is 3.21. The van der Waals surface area contributed by atoms with Crippen LogP contribution in [0.4, 0.5) is 5.95 Å². The van der Waals surface area contributed by atoms with Gasteiger partial charge in [0.25, 0.3) is 5.56 Å². The zero-order valence-electron chi connectivity index (χ0n) is 20.3. The Labute approximate surface area is 199 Å². The lowest BCUT2D eigenvalue weighted by molar-refractivity contribution is 0.179. The molecule has 0 atom stereocenters. The number of nitrogens with one attached hydrogen (secondary N) is 1. The van der Waals surface area contributed by atoms with Crippen LogP contribution in [-0.2, 0) is 11.3 Å². The average Bonchev–Trinajstić information content (AvgIpc) is 3.30. The number of hydrogen-bond donors (Lipinski definition) is 1. The third-order valence-corrected chi connectivity index (χ3v) is 6.04. The summed E-state index contributed by atoms with van der Waals surface area (Å²) < 4.78 is 16.1. The largest absolute Gasteiger partial charge is 0.493 e. The number of aromatic amines is 1. The van der Waals surface area contributed by atoms with Crippen molar-refractivity contribution in [3.05, 3.63) is 57.4 Å². The van der Waals surface area contributed by atoms with E-state index in [1.807, 2.05) is 24.9 Å². The van der Waals surface area contributed by atoms with Crippen LogP contribution in [0.5, 0.6) is 11.5 Å². The monoisotopic (exact) mass is 465 g/mol. The first-order chi connectivity index (χ1) is 16.5. The van der Waals surface area contributed by atoms with Crippen LogP contribution in [0.15, 0.2) is 40.1 Å². The van der Waals surface area contributed by atoms with Gasteiger partial charge < -0.3 is 29.0 Å². The van der Waals surface area contributed by atoms with Gasteiger partial charge in [-0.05, 0) is 18.6 Å². The van der Waals surface area contributed by atoms with Gasteiger partial charge in [-0.25, -0.2) is 0 Å². The molecule has 1 aliphatic heterocycles. The Morgan fingerprint density at radius 1 is 1.18 bits per heavy atom. The van der Waals surface area contributed by atoms with Crippen molar-refractivity contribution in [1.29, 1.82) is 0 Å². The predicted molar refractivity (Wildman–Crippen MR) is 134 cm³/mol. The quantitative estimate of drug-likeness (QED) is 0.519. The number of hydrogen-bond acceptors (Lipinski definition) is 8. The molecule has 0 amide bonds. The molecule has 0 saturated carbocycles. The van der Waals surface area contributed by atoms with E-state index in [9.17, 15) is 4.79 Å².